The Bertz CT molecular complexity index is 684. The molecule has 1 saturated carbocycles. The monoisotopic (exact) mass is 327 g/mol. The molecule has 3 rings (SSSR count). The second-order valence-electron chi connectivity index (χ2n) is 5.66. The van der Waals surface area contributed by atoms with Crippen LogP contribution in [-0.4, -0.2) is 37.2 Å². The molecular formula is C18H21N3O3. The molecule has 6 nitrogen and oxygen atoms in total. The van der Waals surface area contributed by atoms with E-state index in [-0.39, 0.29) is 5.91 Å². The fraction of sp³-hybridized carbons (Fsp3) is 0.333. The standard InChI is InChI=1S/C18H21N3O3/c1-23-16-4-6-17(7-5-16)24-9-8-20-18(22)13-10-15(12-19-11-13)21-14-2-3-14/h4-7,10-12,14,21H,2-3,8-9H2,1H3,(H,20,22). The molecule has 24 heavy (non-hydrogen) atoms. The molecule has 1 heterocycles. The number of rotatable bonds is 8. The van der Waals surface area contributed by atoms with Crippen LogP contribution in [0.4, 0.5) is 5.69 Å². The average molecular weight is 327 g/mol. The number of aromatic nitrogens is 1. The summed E-state index contributed by atoms with van der Waals surface area (Å²) in [4.78, 5) is 16.3. The molecule has 0 unspecified atom stereocenters. The van der Waals surface area contributed by atoms with Crippen LogP contribution in [0, 0.1) is 0 Å². The van der Waals surface area contributed by atoms with Gasteiger partial charge in [-0.1, -0.05) is 0 Å². The van der Waals surface area contributed by atoms with Gasteiger partial charge in [-0.25, -0.2) is 0 Å². The van der Waals surface area contributed by atoms with E-state index in [1.54, 1.807) is 19.5 Å². The summed E-state index contributed by atoms with van der Waals surface area (Å²) in [5, 5.41) is 6.16. The van der Waals surface area contributed by atoms with E-state index in [2.05, 4.69) is 15.6 Å². The molecule has 1 fully saturated rings. The first-order valence-corrected chi connectivity index (χ1v) is 8.01. The van der Waals surface area contributed by atoms with E-state index >= 15 is 0 Å². The van der Waals surface area contributed by atoms with Crippen molar-refractivity contribution in [3.8, 4) is 11.5 Å². The van der Waals surface area contributed by atoms with Crippen LogP contribution in [0.3, 0.4) is 0 Å². The number of pyridine rings is 1. The third-order valence-electron chi connectivity index (χ3n) is 3.66. The van der Waals surface area contributed by atoms with E-state index in [4.69, 9.17) is 9.47 Å². The van der Waals surface area contributed by atoms with Crippen molar-refractivity contribution in [3.05, 3.63) is 48.3 Å². The Balaban J connectivity index is 1.43. The summed E-state index contributed by atoms with van der Waals surface area (Å²) < 4.78 is 10.7. The van der Waals surface area contributed by atoms with Crippen LogP contribution in [0.2, 0.25) is 0 Å². The van der Waals surface area contributed by atoms with Gasteiger partial charge >= 0.3 is 0 Å². The van der Waals surface area contributed by atoms with E-state index in [0.717, 1.165) is 17.2 Å². The summed E-state index contributed by atoms with van der Waals surface area (Å²) in [5.41, 5.74) is 1.43. The van der Waals surface area contributed by atoms with Gasteiger partial charge in [0.2, 0.25) is 0 Å². The smallest absolute Gasteiger partial charge is 0.253 e. The molecule has 1 amide bonds. The molecule has 1 aliphatic rings. The lowest BCUT2D eigenvalue weighted by Crippen LogP contribution is -2.28. The number of hydrogen-bond donors (Lipinski definition) is 2. The van der Waals surface area contributed by atoms with Crippen molar-refractivity contribution in [1.29, 1.82) is 0 Å². The molecule has 0 bridgehead atoms. The van der Waals surface area contributed by atoms with E-state index in [0.29, 0.717) is 24.8 Å². The third-order valence-corrected chi connectivity index (χ3v) is 3.66. The van der Waals surface area contributed by atoms with E-state index in [1.807, 2.05) is 30.3 Å². The highest BCUT2D eigenvalue weighted by atomic mass is 16.5. The van der Waals surface area contributed by atoms with Crippen molar-refractivity contribution in [1.82, 2.24) is 10.3 Å². The zero-order valence-electron chi connectivity index (χ0n) is 13.6. The molecule has 0 radical (unpaired) electrons. The minimum atomic E-state index is -0.153. The number of amides is 1. The number of carbonyl (C=O) groups is 1. The maximum Gasteiger partial charge on any atom is 0.253 e. The third kappa shape index (κ3) is 4.62. The van der Waals surface area contributed by atoms with Crippen molar-refractivity contribution in [2.24, 2.45) is 0 Å². The van der Waals surface area contributed by atoms with Gasteiger partial charge in [0, 0.05) is 18.4 Å². The van der Waals surface area contributed by atoms with E-state index in [1.165, 1.54) is 12.8 Å². The number of nitrogens with zero attached hydrogens (tertiary/aromatic N) is 1. The highest BCUT2D eigenvalue weighted by molar-refractivity contribution is 5.94. The second-order valence-corrected chi connectivity index (χ2v) is 5.66. The van der Waals surface area contributed by atoms with Gasteiger partial charge in [0.15, 0.2) is 0 Å². The van der Waals surface area contributed by atoms with Crippen LogP contribution >= 0.6 is 0 Å². The second kappa shape index (κ2) is 7.68. The lowest BCUT2D eigenvalue weighted by atomic mass is 10.2. The summed E-state index contributed by atoms with van der Waals surface area (Å²) in [7, 11) is 1.62. The molecule has 0 atom stereocenters. The number of nitrogens with one attached hydrogen (secondary N) is 2. The predicted molar refractivity (Wildman–Crippen MR) is 91.7 cm³/mol. The largest absolute Gasteiger partial charge is 0.497 e. The number of methoxy groups -OCH3 is 1. The Kier molecular flexibility index (Phi) is 5.15. The van der Waals surface area contributed by atoms with Gasteiger partial charge in [0.05, 0.1) is 24.9 Å². The van der Waals surface area contributed by atoms with Gasteiger partial charge < -0.3 is 20.1 Å². The lowest BCUT2D eigenvalue weighted by molar-refractivity contribution is 0.0946. The Morgan fingerprint density at radius 3 is 2.67 bits per heavy atom. The van der Waals surface area contributed by atoms with Crippen LogP contribution < -0.4 is 20.1 Å². The maximum atomic E-state index is 12.1. The average Bonchev–Trinajstić information content (AvgIpc) is 3.43. The molecule has 2 N–H and O–H groups in total. The number of carbonyl (C=O) groups excluding carboxylic acids is 1. The Hall–Kier alpha value is -2.76. The number of ether oxygens (including phenoxy) is 2. The van der Waals surface area contributed by atoms with Gasteiger partial charge in [0.25, 0.3) is 5.91 Å². The molecule has 1 aliphatic carbocycles. The molecule has 0 saturated heterocycles. The summed E-state index contributed by atoms with van der Waals surface area (Å²) in [6, 6.07) is 9.68. The SMILES string of the molecule is COc1ccc(OCCNC(=O)c2cncc(NC3CC3)c2)cc1. The normalized spacial score (nSPS) is 13.2. The summed E-state index contributed by atoms with van der Waals surface area (Å²) in [6.45, 7) is 0.816. The number of hydrogen-bond acceptors (Lipinski definition) is 5. The molecule has 0 spiro atoms. The minimum Gasteiger partial charge on any atom is -0.497 e. The maximum absolute atomic E-state index is 12.1. The number of anilines is 1. The van der Waals surface area contributed by atoms with E-state index in [9.17, 15) is 4.79 Å². The first kappa shape index (κ1) is 16.1. The quantitative estimate of drug-likeness (QED) is 0.729. The van der Waals surface area contributed by atoms with Crippen molar-refractivity contribution in [2.75, 3.05) is 25.6 Å². The van der Waals surface area contributed by atoms with Gasteiger partial charge in [-0.2, -0.15) is 0 Å². The summed E-state index contributed by atoms with van der Waals surface area (Å²) in [6.07, 6.45) is 5.66. The summed E-state index contributed by atoms with van der Waals surface area (Å²) in [5.74, 6) is 1.37. The Morgan fingerprint density at radius 2 is 1.96 bits per heavy atom. The van der Waals surface area contributed by atoms with Gasteiger partial charge in [0.1, 0.15) is 18.1 Å². The van der Waals surface area contributed by atoms with Gasteiger partial charge in [-0.3, -0.25) is 9.78 Å². The molecule has 6 heteroatoms. The highest BCUT2D eigenvalue weighted by Gasteiger charge is 2.21. The molecule has 126 valence electrons. The van der Waals surface area contributed by atoms with Crippen LogP contribution in [0.1, 0.15) is 23.2 Å². The van der Waals surface area contributed by atoms with Crippen LogP contribution in [0.5, 0.6) is 11.5 Å². The Morgan fingerprint density at radius 1 is 1.21 bits per heavy atom. The lowest BCUT2D eigenvalue weighted by Gasteiger charge is -2.09. The molecule has 0 aliphatic heterocycles. The van der Waals surface area contributed by atoms with E-state index < -0.39 is 0 Å². The highest BCUT2D eigenvalue weighted by Crippen LogP contribution is 2.24. The van der Waals surface area contributed by atoms with Crippen LogP contribution in [0.15, 0.2) is 42.7 Å². The zero-order chi connectivity index (χ0) is 16.8. The van der Waals surface area contributed by atoms with Gasteiger partial charge in [-0.05, 0) is 43.2 Å². The minimum absolute atomic E-state index is 0.153. The zero-order valence-corrected chi connectivity index (χ0v) is 13.6. The molecule has 1 aromatic carbocycles. The summed E-state index contributed by atoms with van der Waals surface area (Å²) >= 11 is 0. The topological polar surface area (TPSA) is 72.5 Å². The Labute approximate surface area is 141 Å². The van der Waals surface area contributed by atoms with Crippen LogP contribution in [-0.2, 0) is 0 Å². The van der Waals surface area contributed by atoms with Crippen molar-refractivity contribution in [3.63, 3.8) is 0 Å². The fourth-order valence-electron chi connectivity index (χ4n) is 2.21. The van der Waals surface area contributed by atoms with Gasteiger partial charge in [-0.15, -0.1) is 0 Å². The van der Waals surface area contributed by atoms with Crippen molar-refractivity contribution in [2.45, 2.75) is 18.9 Å². The number of benzene rings is 1. The predicted octanol–water partition coefficient (Wildman–Crippen LogP) is 2.47. The van der Waals surface area contributed by atoms with Crippen molar-refractivity contribution < 1.29 is 14.3 Å². The molecule has 2 aromatic rings. The van der Waals surface area contributed by atoms with Crippen molar-refractivity contribution >= 4 is 11.6 Å². The molecule has 1 aromatic heterocycles. The first-order chi connectivity index (χ1) is 11.7. The first-order valence-electron chi connectivity index (χ1n) is 8.01. The van der Waals surface area contributed by atoms with Crippen LogP contribution in [0.25, 0.3) is 0 Å². The molecular weight excluding hydrogens is 306 g/mol. The fourth-order valence-corrected chi connectivity index (χ4v) is 2.21.